The van der Waals surface area contributed by atoms with E-state index in [1.165, 1.54) is 0 Å². The van der Waals surface area contributed by atoms with Gasteiger partial charge in [-0.05, 0) is 56.0 Å². The van der Waals surface area contributed by atoms with Crippen LogP contribution >= 0.6 is 11.6 Å². The van der Waals surface area contributed by atoms with Gasteiger partial charge in [-0.2, -0.15) is 0 Å². The number of carbonyl (C=O) groups excluding carboxylic acids is 1. The minimum absolute atomic E-state index is 0.0120. The molecule has 0 N–H and O–H groups in total. The fraction of sp³-hybridized carbons (Fsp3) is 0.409. The van der Waals surface area contributed by atoms with Gasteiger partial charge in [0, 0.05) is 17.6 Å². The summed E-state index contributed by atoms with van der Waals surface area (Å²) >= 11 is 6.08. The third-order valence-electron chi connectivity index (χ3n) is 5.16. The highest BCUT2D eigenvalue weighted by Gasteiger charge is 2.35. The number of benzene rings is 2. The Kier molecular flexibility index (Phi) is 6.54. The van der Waals surface area contributed by atoms with Crippen molar-refractivity contribution in [2.24, 2.45) is 0 Å². The van der Waals surface area contributed by atoms with E-state index in [-0.39, 0.29) is 30.1 Å². The molecule has 5 nitrogen and oxygen atoms in total. The molecule has 2 aromatic rings. The Morgan fingerprint density at radius 3 is 2.45 bits per heavy atom. The Hall–Kier alpha value is -2.05. The average Bonchev–Trinajstić information content (AvgIpc) is 2.98. The summed E-state index contributed by atoms with van der Waals surface area (Å²) in [4.78, 5) is 14.7. The van der Waals surface area contributed by atoms with Crippen LogP contribution in [0.3, 0.4) is 0 Å². The van der Waals surface area contributed by atoms with Crippen LogP contribution in [0.25, 0.3) is 0 Å². The Morgan fingerprint density at radius 2 is 1.86 bits per heavy atom. The molecule has 1 fully saturated rings. The first kappa shape index (κ1) is 21.7. The molecule has 1 amide bonds. The summed E-state index contributed by atoms with van der Waals surface area (Å²) in [6.45, 7) is 6.08. The molecule has 7 heteroatoms. The predicted molar refractivity (Wildman–Crippen MR) is 115 cm³/mol. The molecule has 0 unspecified atom stereocenters. The van der Waals surface area contributed by atoms with Crippen LogP contribution < -0.4 is 4.74 Å². The fourth-order valence-corrected chi connectivity index (χ4v) is 5.83. The molecule has 2 aromatic carbocycles. The molecular formula is C22H26ClNO4S. The smallest absolute Gasteiger partial charge is 0.261 e. The quantitative estimate of drug-likeness (QED) is 0.691. The van der Waals surface area contributed by atoms with Crippen LogP contribution in [0.2, 0.25) is 5.02 Å². The van der Waals surface area contributed by atoms with Gasteiger partial charge < -0.3 is 9.64 Å². The number of sulfone groups is 1. The van der Waals surface area contributed by atoms with E-state index in [1.54, 1.807) is 17.0 Å². The summed E-state index contributed by atoms with van der Waals surface area (Å²) in [7, 11) is -3.12. The van der Waals surface area contributed by atoms with Gasteiger partial charge in [0.25, 0.3) is 5.91 Å². The largest absolute Gasteiger partial charge is 0.483 e. The molecule has 0 aliphatic carbocycles. The van der Waals surface area contributed by atoms with Crippen molar-refractivity contribution in [3.63, 3.8) is 0 Å². The van der Waals surface area contributed by atoms with Crippen molar-refractivity contribution in [2.45, 2.75) is 39.8 Å². The molecule has 0 spiro atoms. The maximum atomic E-state index is 13.1. The first-order chi connectivity index (χ1) is 13.6. The first-order valence-corrected chi connectivity index (χ1v) is 11.8. The van der Waals surface area contributed by atoms with Crippen molar-refractivity contribution < 1.29 is 17.9 Å². The van der Waals surface area contributed by atoms with Gasteiger partial charge in [0.1, 0.15) is 5.75 Å². The van der Waals surface area contributed by atoms with E-state index < -0.39 is 9.84 Å². The summed E-state index contributed by atoms with van der Waals surface area (Å²) in [6, 6.07) is 10.9. The Bertz CT molecular complexity index is 996. The van der Waals surface area contributed by atoms with Crippen LogP contribution in [-0.4, -0.2) is 43.4 Å². The highest BCUT2D eigenvalue weighted by atomic mass is 35.5. The van der Waals surface area contributed by atoms with E-state index in [9.17, 15) is 13.2 Å². The summed E-state index contributed by atoms with van der Waals surface area (Å²) in [5, 5.41) is 0.580. The molecule has 0 aromatic heterocycles. The fourth-order valence-electron chi connectivity index (χ4n) is 3.89. The lowest BCUT2D eigenvalue weighted by atomic mass is 10.1. The molecule has 1 aliphatic heterocycles. The van der Waals surface area contributed by atoms with Gasteiger partial charge in [-0.3, -0.25) is 4.79 Å². The number of carbonyl (C=O) groups is 1. The second-order valence-corrected chi connectivity index (χ2v) is 10.4. The van der Waals surface area contributed by atoms with E-state index in [0.29, 0.717) is 23.7 Å². The standard InChI is InChI=1S/C22H26ClNO4S/c1-15-9-16(2)22(17(3)10-15)28-13-21(25)24(20-7-8-29(26,27)14-20)12-18-5-4-6-19(23)11-18/h4-6,9-11,20H,7-8,12-14H2,1-3H3/t20-/m0/s1. The molecule has 1 heterocycles. The second kappa shape index (κ2) is 8.76. The normalized spacial score (nSPS) is 17.9. The number of halogens is 1. The molecule has 1 atom stereocenters. The molecule has 3 rings (SSSR count). The van der Waals surface area contributed by atoms with Crippen LogP contribution in [0.15, 0.2) is 36.4 Å². The highest BCUT2D eigenvalue weighted by molar-refractivity contribution is 7.91. The number of nitrogens with zero attached hydrogens (tertiary/aromatic N) is 1. The molecule has 156 valence electrons. The predicted octanol–water partition coefficient (Wildman–Crippen LogP) is 3.86. The maximum Gasteiger partial charge on any atom is 0.261 e. The second-order valence-electron chi connectivity index (χ2n) is 7.72. The molecular weight excluding hydrogens is 410 g/mol. The van der Waals surface area contributed by atoms with E-state index in [0.717, 1.165) is 22.3 Å². The summed E-state index contributed by atoms with van der Waals surface area (Å²) in [5.74, 6) is 0.563. The van der Waals surface area contributed by atoms with Gasteiger partial charge in [0.05, 0.1) is 11.5 Å². The van der Waals surface area contributed by atoms with E-state index >= 15 is 0 Å². The van der Waals surface area contributed by atoms with Crippen molar-refractivity contribution in [2.75, 3.05) is 18.1 Å². The summed E-state index contributed by atoms with van der Waals surface area (Å²) in [6.07, 6.45) is 0.442. The molecule has 0 radical (unpaired) electrons. The monoisotopic (exact) mass is 435 g/mol. The van der Waals surface area contributed by atoms with E-state index in [4.69, 9.17) is 16.3 Å². The van der Waals surface area contributed by atoms with Gasteiger partial charge in [0.15, 0.2) is 16.4 Å². The maximum absolute atomic E-state index is 13.1. The zero-order valence-electron chi connectivity index (χ0n) is 16.9. The van der Waals surface area contributed by atoms with Crippen molar-refractivity contribution in [1.29, 1.82) is 0 Å². The minimum Gasteiger partial charge on any atom is -0.483 e. The molecule has 1 aliphatic rings. The van der Waals surface area contributed by atoms with Crippen molar-refractivity contribution in [3.05, 3.63) is 63.7 Å². The van der Waals surface area contributed by atoms with Gasteiger partial charge in [0.2, 0.25) is 0 Å². The van der Waals surface area contributed by atoms with E-state index in [1.807, 2.05) is 45.0 Å². The Balaban J connectivity index is 1.79. The molecule has 29 heavy (non-hydrogen) atoms. The van der Waals surface area contributed by atoms with Crippen molar-refractivity contribution >= 4 is 27.3 Å². The zero-order chi connectivity index (χ0) is 21.2. The number of hydrogen-bond acceptors (Lipinski definition) is 4. The Labute approximate surface area is 177 Å². The van der Waals surface area contributed by atoms with Gasteiger partial charge >= 0.3 is 0 Å². The SMILES string of the molecule is Cc1cc(C)c(OCC(=O)N(Cc2cccc(Cl)c2)[C@H]2CCS(=O)(=O)C2)c(C)c1. The van der Waals surface area contributed by atoms with Crippen LogP contribution in [0.5, 0.6) is 5.75 Å². The van der Waals surface area contributed by atoms with Crippen LogP contribution in [0.1, 0.15) is 28.7 Å². The lowest BCUT2D eigenvalue weighted by Crippen LogP contribution is -2.43. The van der Waals surface area contributed by atoms with Crippen LogP contribution in [0, 0.1) is 20.8 Å². The summed E-state index contributed by atoms with van der Waals surface area (Å²) in [5.41, 5.74) is 3.94. The number of amides is 1. The van der Waals surface area contributed by atoms with Crippen LogP contribution in [-0.2, 0) is 21.2 Å². The first-order valence-electron chi connectivity index (χ1n) is 9.59. The molecule has 1 saturated heterocycles. The van der Waals surface area contributed by atoms with Gasteiger partial charge in [-0.15, -0.1) is 0 Å². The third-order valence-corrected chi connectivity index (χ3v) is 7.14. The third kappa shape index (κ3) is 5.52. The van der Waals surface area contributed by atoms with E-state index in [2.05, 4.69) is 0 Å². The number of ether oxygens (including phenoxy) is 1. The van der Waals surface area contributed by atoms with Crippen LogP contribution in [0.4, 0.5) is 0 Å². The lowest BCUT2D eigenvalue weighted by molar-refractivity contribution is -0.136. The number of aryl methyl sites for hydroxylation is 3. The van der Waals surface area contributed by atoms with Gasteiger partial charge in [-0.25, -0.2) is 8.42 Å². The molecule has 0 bridgehead atoms. The lowest BCUT2D eigenvalue weighted by Gasteiger charge is -2.29. The Morgan fingerprint density at radius 1 is 1.17 bits per heavy atom. The van der Waals surface area contributed by atoms with Crippen molar-refractivity contribution in [3.8, 4) is 5.75 Å². The zero-order valence-corrected chi connectivity index (χ0v) is 18.5. The minimum atomic E-state index is -3.12. The average molecular weight is 436 g/mol. The number of rotatable bonds is 6. The number of hydrogen-bond donors (Lipinski definition) is 0. The summed E-state index contributed by atoms with van der Waals surface area (Å²) < 4.78 is 29.8. The van der Waals surface area contributed by atoms with Gasteiger partial charge in [-0.1, -0.05) is 41.4 Å². The molecule has 0 saturated carbocycles. The topological polar surface area (TPSA) is 63.7 Å². The van der Waals surface area contributed by atoms with Crippen molar-refractivity contribution in [1.82, 2.24) is 4.90 Å². The highest BCUT2D eigenvalue weighted by Crippen LogP contribution is 2.26.